The van der Waals surface area contributed by atoms with Gasteiger partial charge in [0.1, 0.15) is 17.7 Å². The minimum atomic E-state index is -1.00. The Hall–Kier alpha value is -3.10. The smallest absolute Gasteiger partial charge is 0.408 e. The average Bonchev–Trinajstić information content (AvgIpc) is 2.82. The largest absolute Gasteiger partial charge is 0.466 e. The summed E-state index contributed by atoms with van der Waals surface area (Å²) in [5.41, 5.74) is 1.19. The fraction of sp³-hybridized carbons (Fsp3) is 0.677. The zero-order valence-corrected chi connectivity index (χ0v) is 26.4. The molecule has 0 bridgehead atoms. The zero-order valence-electron chi connectivity index (χ0n) is 26.4. The highest BCUT2D eigenvalue weighted by Gasteiger charge is 2.43. The van der Waals surface area contributed by atoms with Crippen LogP contribution in [-0.4, -0.2) is 59.1 Å². The van der Waals surface area contributed by atoms with Crippen molar-refractivity contribution in [3.63, 3.8) is 0 Å². The van der Waals surface area contributed by atoms with Gasteiger partial charge >= 0.3 is 12.1 Å². The number of aryl methyl sites for hydroxylation is 2. The van der Waals surface area contributed by atoms with Crippen molar-refractivity contribution in [2.45, 2.75) is 119 Å². The molecule has 9 heteroatoms. The maximum absolute atomic E-state index is 14.4. The van der Waals surface area contributed by atoms with Crippen molar-refractivity contribution in [3.05, 3.63) is 34.9 Å². The molecule has 0 heterocycles. The quantitative estimate of drug-likeness (QED) is 0.313. The monoisotopic (exact) mass is 561 g/mol. The fourth-order valence-corrected chi connectivity index (χ4v) is 4.23. The summed E-state index contributed by atoms with van der Waals surface area (Å²) in [5, 5.41) is 5.62. The van der Waals surface area contributed by atoms with Crippen LogP contribution in [0.2, 0.25) is 0 Å². The molecule has 1 aromatic carbocycles. The van der Waals surface area contributed by atoms with Gasteiger partial charge in [0.15, 0.2) is 0 Å². The predicted octanol–water partition coefficient (Wildman–Crippen LogP) is 5.37. The lowest BCUT2D eigenvalue weighted by atomic mass is 9.90. The lowest BCUT2D eigenvalue weighted by Gasteiger charge is -2.45. The summed E-state index contributed by atoms with van der Waals surface area (Å²) in [4.78, 5) is 54.6. The van der Waals surface area contributed by atoms with E-state index in [2.05, 4.69) is 10.6 Å². The number of benzene rings is 1. The van der Waals surface area contributed by atoms with Gasteiger partial charge in [-0.25, -0.2) is 4.79 Å². The molecule has 1 rings (SSSR count). The number of esters is 1. The van der Waals surface area contributed by atoms with Gasteiger partial charge < -0.3 is 25.0 Å². The molecule has 2 N–H and O–H groups in total. The van der Waals surface area contributed by atoms with Crippen LogP contribution in [0, 0.1) is 19.8 Å². The Bertz CT molecular complexity index is 1030. The summed E-state index contributed by atoms with van der Waals surface area (Å²) in [6.45, 7) is 21.0. The number of hydrogen-bond acceptors (Lipinski definition) is 6. The molecule has 9 nitrogen and oxygen atoms in total. The van der Waals surface area contributed by atoms with Crippen molar-refractivity contribution >= 4 is 23.9 Å². The molecule has 2 unspecified atom stereocenters. The number of amides is 3. The molecule has 1 aromatic rings. The van der Waals surface area contributed by atoms with Gasteiger partial charge in [-0.05, 0) is 90.8 Å². The molecule has 0 radical (unpaired) electrons. The van der Waals surface area contributed by atoms with Crippen LogP contribution in [0.5, 0.6) is 0 Å². The Morgan fingerprint density at radius 2 is 1.60 bits per heavy atom. The number of rotatable bonds is 13. The second-order valence-electron chi connectivity index (χ2n) is 12.3. The number of ether oxygens (including phenoxy) is 2. The van der Waals surface area contributed by atoms with Gasteiger partial charge in [-0.15, -0.1) is 0 Å². The number of carbonyl (C=O) groups is 4. The Balaban J connectivity index is 3.61. The van der Waals surface area contributed by atoms with Crippen LogP contribution in [0.3, 0.4) is 0 Å². The molecule has 0 spiro atoms. The van der Waals surface area contributed by atoms with E-state index in [-0.39, 0.29) is 31.4 Å². The molecule has 40 heavy (non-hydrogen) atoms. The molecule has 3 amide bonds. The first kappa shape index (κ1) is 34.9. The van der Waals surface area contributed by atoms with Crippen LogP contribution >= 0.6 is 0 Å². The van der Waals surface area contributed by atoms with E-state index in [9.17, 15) is 19.2 Å². The standard InChI is InChI=1S/C31H51N3O6/c1-12-31(10,11)34(28(37)24(18-20(3)4)33-29(38)40-30(7,8)9)26(23-15-14-21(5)22(6)19-23)27(36)32-17-16-25(35)39-13-2/h14-15,19-20,24,26H,12-13,16-18H2,1-11H3,(H,32,36)(H,33,38). The van der Waals surface area contributed by atoms with Crippen LogP contribution in [0.15, 0.2) is 18.2 Å². The van der Waals surface area contributed by atoms with Crippen molar-refractivity contribution in [1.82, 2.24) is 15.5 Å². The van der Waals surface area contributed by atoms with Gasteiger partial charge in [0.2, 0.25) is 11.8 Å². The van der Waals surface area contributed by atoms with Gasteiger partial charge in [-0.2, -0.15) is 0 Å². The van der Waals surface area contributed by atoms with E-state index in [0.29, 0.717) is 18.4 Å². The first-order chi connectivity index (χ1) is 18.4. The summed E-state index contributed by atoms with van der Waals surface area (Å²) in [7, 11) is 0. The van der Waals surface area contributed by atoms with Crippen molar-refractivity contribution in [2.24, 2.45) is 5.92 Å². The summed E-state index contributed by atoms with van der Waals surface area (Å²) >= 11 is 0. The molecule has 0 aliphatic carbocycles. The predicted molar refractivity (Wildman–Crippen MR) is 157 cm³/mol. The molecule has 226 valence electrons. The topological polar surface area (TPSA) is 114 Å². The molecule has 0 saturated carbocycles. The molecule has 0 aliphatic heterocycles. The highest BCUT2D eigenvalue weighted by Crippen LogP contribution is 2.33. The Morgan fingerprint density at radius 1 is 0.975 bits per heavy atom. The number of carbonyl (C=O) groups excluding carboxylic acids is 4. The van der Waals surface area contributed by atoms with Crippen molar-refractivity contribution in [3.8, 4) is 0 Å². The maximum Gasteiger partial charge on any atom is 0.408 e. The van der Waals surface area contributed by atoms with Crippen LogP contribution in [-0.2, 0) is 23.9 Å². The van der Waals surface area contributed by atoms with Crippen LogP contribution in [0.25, 0.3) is 0 Å². The molecule has 0 fully saturated rings. The third-order valence-electron chi connectivity index (χ3n) is 6.74. The number of nitrogens with zero attached hydrogens (tertiary/aromatic N) is 1. The second-order valence-corrected chi connectivity index (χ2v) is 12.3. The van der Waals surface area contributed by atoms with E-state index in [4.69, 9.17) is 9.47 Å². The zero-order chi connectivity index (χ0) is 30.8. The minimum Gasteiger partial charge on any atom is -0.466 e. The van der Waals surface area contributed by atoms with Crippen LogP contribution in [0.1, 0.15) is 104 Å². The molecule has 0 aromatic heterocycles. The Morgan fingerprint density at radius 3 is 2.10 bits per heavy atom. The third-order valence-corrected chi connectivity index (χ3v) is 6.74. The van der Waals surface area contributed by atoms with Crippen molar-refractivity contribution in [1.29, 1.82) is 0 Å². The third kappa shape index (κ3) is 10.8. The normalized spacial score (nSPS) is 13.3. The van der Waals surface area contributed by atoms with Crippen LogP contribution in [0.4, 0.5) is 4.79 Å². The Labute approximate surface area is 240 Å². The number of nitrogens with one attached hydrogen (secondary N) is 2. The summed E-state index contributed by atoms with van der Waals surface area (Å²) in [6, 6.07) is 3.77. The van der Waals surface area contributed by atoms with E-state index in [0.717, 1.165) is 11.1 Å². The van der Waals surface area contributed by atoms with Gasteiger partial charge in [-0.1, -0.05) is 39.0 Å². The van der Waals surface area contributed by atoms with Gasteiger partial charge in [-0.3, -0.25) is 14.4 Å². The average molecular weight is 562 g/mol. The maximum atomic E-state index is 14.4. The first-order valence-electron chi connectivity index (χ1n) is 14.3. The van der Waals surface area contributed by atoms with Crippen LogP contribution < -0.4 is 10.6 Å². The van der Waals surface area contributed by atoms with Gasteiger partial charge in [0, 0.05) is 12.1 Å². The van der Waals surface area contributed by atoms with Crippen molar-refractivity contribution in [2.75, 3.05) is 13.2 Å². The summed E-state index contributed by atoms with van der Waals surface area (Å²) in [6.07, 6.45) is 0.234. The molecule has 2 atom stereocenters. The lowest BCUT2D eigenvalue weighted by molar-refractivity contribution is -0.150. The van der Waals surface area contributed by atoms with E-state index < -0.39 is 41.2 Å². The first-order valence-corrected chi connectivity index (χ1v) is 14.3. The van der Waals surface area contributed by atoms with E-state index in [1.807, 2.05) is 66.7 Å². The minimum absolute atomic E-state index is 0.0144. The SMILES string of the molecule is CCOC(=O)CCNC(=O)C(c1ccc(C)c(C)c1)N(C(=O)C(CC(C)C)NC(=O)OC(C)(C)C)C(C)(C)CC. The van der Waals surface area contributed by atoms with Gasteiger partial charge in [0.05, 0.1) is 13.0 Å². The number of alkyl carbamates (subject to hydrolysis) is 1. The summed E-state index contributed by atoms with van der Waals surface area (Å²) < 4.78 is 10.5. The Kier molecular flexibility index (Phi) is 13.1. The lowest BCUT2D eigenvalue weighted by Crippen LogP contribution is -2.59. The fourth-order valence-electron chi connectivity index (χ4n) is 4.23. The number of hydrogen-bond donors (Lipinski definition) is 2. The molecule has 0 saturated heterocycles. The highest BCUT2D eigenvalue weighted by atomic mass is 16.6. The van der Waals surface area contributed by atoms with E-state index in [1.165, 1.54) is 0 Å². The van der Waals surface area contributed by atoms with Crippen molar-refractivity contribution < 1.29 is 28.7 Å². The molecular weight excluding hydrogens is 510 g/mol. The summed E-state index contributed by atoms with van der Waals surface area (Å²) in [5.74, 6) is -1.13. The molecular formula is C31H51N3O6. The highest BCUT2D eigenvalue weighted by molar-refractivity contribution is 5.93. The van der Waals surface area contributed by atoms with Gasteiger partial charge in [0.25, 0.3) is 0 Å². The van der Waals surface area contributed by atoms with E-state index in [1.54, 1.807) is 32.6 Å². The second kappa shape index (κ2) is 15.1. The van der Waals surface area contributed by atoms with E-state index >= 15 is 0 Å². The molecule has 0 aliphatic rings.